The summed E-state index contributed by atoms with van der Waals surface area (Å²) in [6.07, 6.45) is 0. The molecule has 19 heavy (non-hydrogen) atoms. The van der Waals surface area contributed by atoms with Crippen molar-refractivity contribution in [2.45, 2.75) is 6.04 Å². The molecule has 2 aromatic carbocycles. The zero-order valence-corrected chi connectivity index (χ0v) is 14.1. The molecule has 0 aromatic heterocycles. The first-order chi connectivity index (χ1) is 9.02. The molecule has 0 amide bonds. The van der Waals surface area contributed by atoms with Crippen molar-refractivity contribution in [3.63, 3.8) is 0 Å². The first-order valence-corrected chi connectivity index (χ1v) is 7.53. The minimum absolute atomic E-state index is 0.277. The molecule has 0 aliphatic rings. The van der Waals surface area contributed by atoms with Gasteiger partial charge in [0.1, 0.15) is 5.75 Å². The predicted octanol–water partition coefficient (Wildman–Crippen LogP) is 4.92. The summed E-state index contributed by atoms with van der Waals surface area (Å²) in [5, 5.41) is 0.664. The number of benzene rings is 2. The Morgan fingerprint density at radius 1 is 1.16 bits per heavy atom. The molecule has 2 N–H and O–H groups in total. The Hall–Kier alpha value is -0.550. The van der Waals surface area contributed by atoms with Gasteiger partial charge < -0.3 is 10.5 Å². The second-order valence-electron chi connectivity index (χ2n) is 4.04. The molecule has 5 heteroatoms. The summed E-state index contributed by atoms with van der Waals surface area (Å²) in [5.41, 5.74) is 8.20. The molecular formula is C14H12Br2ClNO. The monoisotopic (exact) mass is 403 g/mol. The van der Waals surface area contributed by atoms with Crippen molar-refractivity contribution >= 4 is 43.5 Å². The van der Waals surface area contributed by atoms with Gasteiger partial charge in [0, 0.05) is 14.5 Å². The van der Waals surface area contributed by atoms with Crippen LogP contribution in [0.4, 0.5) is 0 Å². The lowest BCUT2D eigenvalue weighted by molar-refractivity contribution is 0.407. The zero-order valence-electron chi connectivity index (χ0n) is 10.2. The Morgan fingerprint density at radius 2 is 1.89 bits per heavy atom. The lowest BCUT2D eigenvalue weighted by atomic mass is 9.99. The number of ether oxygens (including phenoxy) is 1. The standard InChI is InChI=1S/C14H12Br2ClNO/c1-19-13-5-3-9(15)7-10(13)14(18)8-2-4-12(17)11(16)6-8/h2-7,14H,18H2,1H3. The van der Waals surface area contributed by atoms with Crippen LogP contribution in [0, 0.1) is 0 Å². The second kappa shape index (κ2) is 6.27. The fourth-order valence-electron chi connectivity index (χ4n) is 1.83. The second-order valence-corrected chi connectivity index (χ2v) is 6.21. The first-order valence-electron chi connectivity index (χ1n) is 5.57. The summed E-state index contributed by atoms with van der Waals surface area (Å²) in [4.78, 5) is 0. The molecule has 100 valence electrons. The maximum absolute atomic E-state index is 6.32. The topological polar surface area (TPSA) is 35.2 Å². The normalized spacial score (nSPS) is 12.3. The van der Waals surface area contributed by atoms with Gasteiger partial charge in [-0.05, 0) is 51.8 Å². The van der Waals surface area contributed by atoms with Crippen LogP contribution in [-0.2, 0) is 0 Å². The van der Waals surface area contributed by atoms with E-state index in [2.05, 4.69) is 31.9 Å². The van der Waals surface area contributed by atoms with Gasteiger partial charge in [0.25, 0.3) is 0 Å². The molecular weight excluding hydrogens is 393 g/mol. The van der Waals surface area contributed by atoms with Crippen molar-refractivity contribution < 1.29 is 4.74 Å². The third kappa shape index (κ3) is 3.31. The molecule has 0 heterocycles. The molecule has 0 saturated heterocycles. The quantitative estimate of drug-likeness (QED) is 0.787. The van der Waals surface area contributed by atoms with Crippen LogP contribution in [0.5, 0.6) is 5.75 Å². The van der Waals surface area contributed by atoms with Crippen molar-refractivity contribution in [2.75, 3.05) is 7.11 Å². The van der Waals surface area contributed by atoms with E-state index in [-0.39, 0.29) is 6.04 Å². The van der Waals surface area contributed by atoms with Crippen LogP contribution in [0.2, 0.25) is 5.02 Å². The highest BCUT2D eigenvalue weighted by molar-refractivity contribution is 9.10. The van der Waals surface area contributed by atoms with Crippen molar-refractivity contribution in [2.24, 2.45) is 5.73 Å². The third-order valence-electron chi connectivity index (χ3n) is 2.83. The van der Waals surface area contributed by atoms with Gasteiger partial charge in [-0.3, -0.25) is 0 Å². The number of methoxy groups -OCH3 is 1. The Labute approximate surface area is 134 Å². The lowest BCUT2D eigenvalue weighted by Crippen LogP contribution is -2.13. The first kappa shape index (κ1) is 14.9. The smallest absolute Gasteiger partial charge is 0.124 e. The van der Waals surface area contributed by atoms with Gasteiger partial charge in [-0.15, -0.1) is 0 Å². The SMILES string of the molecule is COc1ccc(Br)cc1C(N)c1ccc(Cl)c(Br)c1. The molecule has 0 fully saturated rings. The van der Waals surface area contributed by atoms with Crippen molar-refractivity contribution in [3.05, 3.63) is 61.5 Å². The van der Waals surface area contributed by atoms with E-state index in [1.54, 1.807) is 7.11 Å². The van der Waals surface area contributed by atoms with Crippen molar-refractivity contribution in [1.29, 1.82) is 0 Å². The van der Waals surface area contributed by atoms with Gasteiger partial charge in [0.2, 0.25) is 0 Å². The lowest BCUT2D eigenvalue weighted by Gasteiger charge is -2.17. The fraction of sp³-hybridized carbons (Fsp3) is 0.143. The molecule has 0 spiro atoms. The molecule has 0 aliphatic carbocycles. The van der Waals surface area contributed by atoms with E-state index in [0.29, 0.717) is 5.02 Å². The third-order valence-corrected chi connectivity index (χ3v) is 4.54. The van der Waals surface area contributed by atoms with Crippen LogP contribution < -0.4 is 10.5 Å². The minimum atomic E-state index is -0.277. The number of halogens is 3. The molecule has 0 radical (unpaired) electrons. The summed E-state index contributed by atoms with van der Waals surface area (Å²) in [6.45, 7) is 0. The van der Waals surface area contributed by atoms with Gasteiger partial charge in [0.15, 0.2) is 0 Å². The highest BCUT2D eigenvalue weighted by atomic mass is 79.9. The zero-order chi connectivity index (χ0) is 14.0. The highest BCUT2D eigenvalue weighted by Gasteiger charge is 2.15. The average molecular weight is 406 g/mol. The van der Waals surface area contributed by atoms with Crippen LogP contribution >= 0.6 is 43.5 Å². The average Bonchev–Trinajstić information content (AvgIpc) is 2.41. The molecule has 1 atom stereocenters. The minimum Gasteiger partial charge on any atom is -0.496 e. The van der Waals surface area contributed by atoms with Gasteiger partial charge >= 0.3 is 0 Å². The molecule has 2 aromatic rings. The van der Waals surface area contributed by atoms with E-state index in [1.807, 2.05) is 36.4 Å². The molecule has 2 rings (SSSR count). The Bertz CT molecular complexity index is 604. The van der Waals surface area contributed by atoms with Crippen molar-refractivity contribution in [3.8, 4) is 5.75 Å². The number of rotatable bonds is 3. The molecule has 0 aliphatic heterocycles. The Morgan fingerprint density at radius 3 is 2.53 bits per heavy atom. The molecule has 1 unspecified atom stereocenters. The molecule has 2 nitrogen and oxygen atoms in total. The van der Waals surface area contributed by atoms with E-state index in [4.69, 9.17) is 22.1 Å². The molecule has 0 bridgehead atoms. The van der Waals surface area contributed by atoms with E-state index in [9.17, 15) is 0 Å². The fourth-order valence-corrected chi connectivity index (χ4v) is 2.73. The highest BCUT2D eigenvalue weighted by Crippen LogP contribution is 2.33. The van der Waals surface area contributed by atoms with Crippen molar-refractivity contribution in [1.82, 2.24) is 0 Å². The van der Waals surface area contributed by atoms with Crippen LogP contribution in [0.25, 0.3) is 0 Å². The van der Waals surface area contributed by atoms with Gasteiger partial charge in [-0.1, -0.05) is 33.6 Å². The van der Waals surface area contributed by atoms with E-state index < -0.39 is 0 Å². The van der Waals surface area contributed by atoms with Gasteiger partial charge in [0.05, 0.1) is 18.2 Å². The van der Waals surface area contributed by atoms with Crippen LogP contribution in [-0.4, -0.2) is 7.11 Å². The Balaban J connectivity index is 2.45. The predicted molar refractivity (Wildman–Crippen MR) is 85.9 cm³/mol. The summed E-state index contributed by atoms with van der Waals surface area (Å²) >= 11 is 12.9. The van der Waals surface area contributed by atoms with Crippen LogP contribution in [0.1, 0.15) is 17.2 Å². The number of hydrogen-bond acceptors (Lipinski definition) is 2. The Kier molecular flexibility index (Phi) is 4.90. The number of nitrogens with two attached hydrogens (primary N) is 1. The van der Waals surface area contributed by atoms with Gasteiger partial charge in [-0.25, -0.2) is 0 Å². The number of hydrogen-bond donors (Lipinski definition) is 1. The van der Waals surface area contributed by atoms with Gasteiger partial charge in [-0.2, -0.15) is 0 Å². The summed E-state index contributed by atoms with van der Waals surface area (Å²) in [7, 11) is 1.64. The largest absolute Gasteiger partial charge is 0.496 e. The molecule has 0 saturated carbocycles. The maximum Gasteiger partial charge on any atom is 0.124 e. The summed E-state index contributed by atoms with van der Waals surface area (Å²) in [6, 6.07) is 11.2. The van der Waals surface area contributed by atoms with E-state index >= 15 is 0 Å². The summed E-state index contributed by atoms with van der Waals surface area (Å²) in [5.74, 6) is 0.766. The maximum atomic E-state index is 6.32. The van der Waals surface area contributed by atoms with Crippen LogP contribution in [0.15, 0.2) is 45.3 Å². The van der Waals surface area contributed by atoms with E-state index in [0.717, 1.165) is 25.8 Å². The van der Waals surface area contributed by atoms with E-state index in [1.165, 1.54) is 0 Å². The summed E-state index contributed by atoms with van der Waals surface area (Å²) < 4.78 is 7.15. The van der Waals surface area contributed by atoms with Crippen LogP contribution in [0.3, 0.4) is 0 Å².